The number of nitrogens with zero attached hydrogens (tertiary/aromatic N) is 6. The summed E-state index contributed by atoms with van der Waals surface area (Å²) in [6.07, 6.45) is 7.31. The van der Waals surface area contributed by atoms with Crippen LogP contribution in [-0.4, -0.2) is 54.6 Å². The first kappa shape index (κ1) is 22.7. The van der Waals surface area contributed by atoms with Crippen LogP contribution < -0.4 is 10.6 Å². The van der Waals surface area contributed by atoms with Crippen LogP contribution in [0.1, 0.15) is 38.1 Å². The molecule has 0 radical (unpaired) electrons. The number of imidazole rings is 1. The zero-order valence-corrected chi connectivity index (χ0v) is 20.6. The fraction of sp³-hybridized carbons (Fsp3) is 0.385. The molecule has 2 aliphatic rings. The molecule has 0 aliphatic carbocycles. The molecule has 10 nitrogen and oxygen atoms in total. The lowest BCUT2D eigenvalue weighted by atomic mass is 9.91. The first-order chi connectivity index (χ1) is 17.5. The molecule has 2 atom stereocenters. The number of carbonyl (C=O) groups excluding carboxylic acids is 1. The maximum absolute atomic E-state index is 13.0. The molecule has 0 saturated carbocycles. The van der Waals surface area contributed by atoms with Crippen LogP contribution in [0, 0.1) is 6.92 Å². The van der Waals surface area contributed by atoms with Crippen LogP contribution in [0.5, 0.6) is 0 Å². The maximum atomic E-state index is 13.0. The molecule has 2 aliphatic heterocycles. The number of ether oxygens (including phenoxy) is 1. The van der Waals surface area contributed by atoms with Crippen LogP contribution >= 0.6 is 0 Å². The Kier molecular flexibility index (Phi) is 5.50. The van der Waals surface area contributed by atoms with E-state index >= 15 is 0 Å². The average Bonchev–Trinajstić information content (AvgIpc) is 3.60. The average molecular weight is 485 g/mol. The molecular formula is C26H28N8O2. The van der Waals surface area contributed by atoms with Gasteiger partial charge in [-0.3, -0.25) is 10.1 Å². The van der Waals surface area contributed by atoms with E-state index in [9.17, 15) is 4.79 Å². The van der Waals surface area contributed by atoms with Gasteiger partial charge in [0, 0.05) is 48.9 Å². The van der Waals surface area contributed by atoms with Gasteiger partial charge in [-0.05, 0) is 45.7 Å². The third-order valence-corrected chi connectivity index (χ3v) is 7.13. The number of fused-ring (bicyclic) bond motifs is 2. The van der Waals surface area contributed by atoms with Crippen LogP contribution in [0.4, 0.5) is 5.69 Å². The molecule has 6 rings (SSSR count). The molecule has 1 saturated heterocycles. The van der Waals surface area contributed by atoms with E-state index in [0.29, 0.717) is 30.1 Å². The van der Waals surface area contributed by atoms with E-state index in [1.807, 2.05) is 36.6 Å². The predicted octanol–water partition coefficient (Wildman–Crippen LogP) is 3.21. The number of hydrogen-bond acceptors (Lipinski definition) is 8. The summed E-state index contributed by atoms with van der Waals surface area (Å²) < 4.78 is 7.80. The molecule has 1 fully saturated rings. The molecule has 0 bridgehead atoms. The summed E-state index contributed by atoms with van der Waals surface area (Å²) in [5.74, 6) is 1.38. The number of benzene rings is 1. The van der Waals surface area contributed by atoms with Gasteiger partial charge >= 0.3 is 0 Å². The summed E-state index contributed by atoms with van der Waals surface area (Å²) in [6, 6.07) is 5.92. The van der Waals surface area contributed by atoms with Gasteiger partial charge in [-0.2, -0.15) is 0 Å². The first-order valence-electron chi connectivity index (χ1n) is 12.3. The van der Waals surface area contributed by atoms with Gasteiger partial charge in [0.15, 0.2) is 5.65 Å². The van der Waals surface area contributed by atoms with E-state index in [0.717, 1.165) is 53.3 Å². The Bertz CT molecular complexity index is 1460. The molecule has 4 aromatic rings. The van der Waals surface area contributed by atoms with E-state index < -0.39 is 5.54 Å². The lowest BCUT2D eigenvalue weighted by Crippen LogP contribution is -2.48. The molecule has 184 valence electrons. The van der Waals surface area contributed by atoms with E-state index in [4.69, 9.17) is 9.72 Å². The van der Waals surface area contributed by atoms with E-state index in [1.165, 1.54) is 0 Å². The molecule has 10 heteroatoms. The summed E-state index contributed by atoms with van der Waals surface area (Å²) in [4.78, 5) is 35.8. The van der Waals surface area contributed by atoms with E-state index in [-0.39, 0.29) is 12.0 Å². The molecule has 0 spiro atoms. The van der Waals surface area contributed by atoms with Crippen molar-refractivity contribution in [2.24, 2.45) is 0 Å². The third kappa shape index (κ3) is 3.64. The van der Waals surface area contributed by atoms with Crippen molar-refractivity contribution < 1.29 is 9.53 Å². The van der Waals surface area contributed by atoms with Crippen molar-refractivity contribution in [1.29, 1.82) is 0 Å². The van der Waals surface area contributed by atoms with Crippen molar-refractivity contribution in [3.05, 3.63) is 48.3 Å². The molecule has 36 heavy (non-hydrogen) atoms. The summed E-state index contributed by atoms with van der Waals surface area (Å²) in [7, 11) is 0. The zero-order chi connectivity index (χ0) is 24.9. The highest BCUT2D eigenvalue weighted by atomic mass is 16.5. The lowest BCUT2D eigenvalue weighted by molar-refractivity contribution is -0.121. The standard InChI is InChI=1S/C26H28N8O2/c1-4-34-23(17-11-27-15(2)28-12-17)33-22-21(29-14-30-24(22)34)16-7-8-20-19(10-16)26(3,25(35)32-20)31-13-18-6-5-9-36-18/h7-8,10-12,14,18,31H,4-6,9,13H2,1-3H3,(H,32,35)/t18-,26+/m1/s1. The van der Waals surface area contributed by atoms with Crippen LogP contribution in [0.3, 0.4) is 0 Å². The smallest absolute Gasteiger partial charge is 0.249 e. The van der Waals surface area contributed by atoms with Gasteiger partial charge in [0.25, 0.3) is 0 Å². The number of amides is 1. The largest absolute Gasteiger partial charge is 0.377 e. The number of carbonyl (C=O) groups is 1. The minimum atomic E-state index is -0.864. The normalized spacial score (nSPS) is 21.2. The Labute approximate surface area is 208 Å². The van der Waals surface area contributed by atoms with Crippen LogP contribution in [0.2, 0.25) is 0 Å². The van der Waals surface area contributed by atoms with Gasteiger partial charge in [-0.25, -0.2) is 24.9 Å². The summed E-state index contributed by atoms with van der Waals surface area (Å²) >= 11 is 0. The van der Waals surface area contributed by atoms with Crippen molar-refractivity contribution in [3.63, 3.8) is 0 Å². The second kappa shape index (κ2) is 8.72. The SMILES string of the molecule is CCn1c(-c2cnc(C)nc2)nc2c(-c3ccc4c(c3)[C@](C)(NC[C@H]3CCCO3)C(=O)N4)ncnc21. The molecule has 5 heterocycles. The van der Waals surface area contributed by atoms with Crippen molar-refractivity contribution in [2.45, 2.75) is 51.8 Å². The van der Waals surface area contributed by atoms with Crippen LogP contribution in [-0.2, 0) is 21.6 Å². The monoisotopic (exact) mass is 484 g/mol. The predicted molar refractivity (Wildman–Crippen MR) is 135 cm³/mol. The van der Waals surface area contributed by atoms with Gasteiger partial charge in [0.1, 0.15) is 34.7 Å². The van der Waals surface area contributed by atoms with Gasteiger partial charge in [0.2, 0.25) is 5.91 Å². The van der Waals surface area contributed by atoms with Crippen molar-refractivity contribution in [3.8, 4) is 22.6 Å². The molecular weight excluding hydrogens is 456 g/mol. The second-order valence-electron chi connectivity index (χ2n) is 9.45. The second-order valence-corrected chi connectivity index (χ2v) is 9.45. The Hall–Kier alpha value is -3.76. The maximum Gasteiger partial charge on any atom is 0.249 e. The number of aryl methyl sites for hydroxylation is 2. The fourth-order valence-corrected chi connectivity index (χ4v) is 5.06. The minimum absolute atomic E-state index is 0.0719. The number of rotatable bonds is 6. The van der Waals surface area contributed by atoms with Crippen LogP contribution in [0.25, 0.3) is 33.8 Å². The number of hydrogen-bond donors (Lipinski definition) is 2. The Balaban J connectivity index is 1.42. The van der Waals surface area contributed by atoms with Gasteiger partial charge in [-0.1, -0.05) is 6.07 Å². The fourth-order valence-electron chi connectivity index (χ4n) is 5.06. The quantitative estimate of drug-likeness (QED) is 0.428. The summed E-state index contributed by atoms with van der Waals surface area (Å²) in [5.41, 5.74) is 4.66. The van der Waals surface area contributed by atoms with Gasteiger partial charge in [0.05, 0.1) is 11.7 Å². The Morgan fingerprint density at radius 1 is 1.19 bits per heavy atom. The number of nitrogens with one attached hydrogen (secondary N) is 2. The van der Waals surface area contributed by atoms with E-state index in [1.54, 1.807) is 18.7 Å². The first-order valence-corrected chi connectivity index (χ1v) is 12.3. The highest BCUT2D eigenvalue weighted by Crippen LogP contribution is 2.39. The highest BCUT2D eigenvalue weighted by Gasteiger charge is 2.43. The minimum Gasteiger partial charge on any atom is -0.377 e. The highest BCUT2D eigenvalue weighted by molar-refractivity contribution is 6.06. The van der Waals surface area contributed by atoms with Gasteiger partial charge < -0.3 is 14.6 Å². The molecule has 3 aromatic heterocycles. The van der Waals surface area contributed by atoms with Crippen molar-refractivity contribution in [1.82, 2.24) is 34.8 Å². The van der Waals surface area contributed by atoms with Crippen LogP contribution in [0.15, 0.2) is 36.9 Å². The van der Waals surface area contributed by atoms with Gasteiger partial charge in [-0.15, -0.1) is 0 Å². The molecule has 2 N–H and O–H groups in total. The molecule has 1 amide bonds. The van der Waals surface area contributed by atoms with Crippen molar-refractivity contribution in [2.75, 3.05) is 18.5 Å². The summed E-state index contributed by atoms with van der Waals surface area (Å²) in [6.45, 7) is 7.91. The van der Waals surface area contributed by atoms with Crippen molar-refractivity contribution >= 4 is 22.8 Å². The summed E-state index contributed by atoms with van der Waals surface area (Å²) in [5, 5.41) is 6.49. The third-order valence-electron chi connectivity index (χ3n) is 7.13. The number of aromatic nitrogens is 6. The Morgan fingerprint density at radius 3 is 2.78 bits per heavy atom. The molecule has 1 aromatic carbocycles. The van der Waals surface area contributed by atoms with E-state index in [2.05, 4.69) is 37.5 Å². The molecule has 0 unspecified atom stereocenters. The number of anilines is 1. The zero-order valence-electron chi connectivity index (χ0n) is 20.6. The Morgan fingerprint density at radius 2 is 2.03 bits per heavy atom. The lowest BCUT2D eigenvalue weighted by Gasteiger charge is -2.26. The topological polar surface area (TPSA) is 120 Å².